The molecule has 1 atom stereocenters. The summed E-state index contributed by atoms with van der Waals surface area (Å²) >= 11 is 0. The van der Waals surface area contributed by atoms with Crippen molar-refractivity contribution in [1.29, 1.82) is 5.26 Å². The van der Waals surface area contributed by atoms with E-state index >= 15 is 0 Å². The maximum Gasteiger partial charge on any atom is 0.319 e. The van der Waals surface area contributed by atoms with Crippen molar-refractivity contribution < 1.29 is 14.7 Å². The molecule has 1 aromatic rings. The number of rotatable bonds is 5. The van der Waals surface area contributed by atoms with E-state index in [4.69, 9.17) is 10.4 Å². The van der Waals surface area contributed by atoms with Gasteiger partial charge in [0.1, 0.15) is 6.07 Å². The van der Waals surface area contributed by atoms with Gasteiger partial charge in [-0.25, -0.2) is 4.79 Å². The molecule has 0 saturated heterocycles. The zero-order chi connectivity index (χ0) is 15.1. The summed E-state index contributed by atoms with van der Waals surface area (Å²) in [6.07, 6.45) is 0.344. The normalized spacial score (nSPS) is 11.2. The number of anilines is 1. The van der Waals surface area contributed by atoms with Crippen LogP contribution in [-0.2, 0) is 4.79 Å². The van der Waals surface area contributed by atoms with Crippen LogP contribution in [0.4, 0.5) is 10.5 Å². The Kier molecular flexibility index (Phi) is 5.54. The van der Waals surface area contributed by atoms with Crippen molar-refractivity contribution in [2.75, 3.05) is 5.32 Å². The fourth-order valence-electron chi connectivity index (χ4n) is 1.71. The van der Waals surface area contributed by atoms with Crippen LogP contribution in [0.3, 0.4) is 0 Å². The van der Waals surface area contributed by atoms with Crippen LogP contribution in [0.1, 0.15) is 30.9 Å². The van der Waals surface area contributed by atoms with Crippen molar-refractivity contribution in [3.63, 3.8) is 0 Å². The van der Waals surface area contributed by atoms with E-state index in [1.165, 1.54) is 0 Å². The van der Waals surface area contributed by atoms with Gasteiger partial charge in [-0.1, -0.05) is 12.1 Å². The average Bonchev–Trinajstić information content (AvgIpc) is 2.36. The Bertz CT molecular complexity index is 549. The molecule has 0 aromatic heterocycles. The summed E-state index contributed by atoms with van der Waals surface area (Å²) in [5.41, 5.74) is 1.64. The summed E-state index contributed by atoms with van der Waals surface area (Å²) in [7, 11) is 0. The van der Waals surface area contributed by atoms with E-state index in [1.54, 1.807) is 32.0 Å². The van der Waals surface area contributed by atoms with Crippen molar-refractivity contribution in [2.24, 2.45) is 0 Å². The van der Waals surface area contributed by atoms with Crippen LogP contribution in [0.2, 0.25) is 0 Å². The summed E-state index contributed by atoms with van der Waals surface area (Å²) in [4.78, 5) is 22.2. The molecule has 0 spiro atoms. The summed E-state index contributed by atoms with van der Waals surface area (Å²) in [6.45, 7) is 3.51. The van der Waals surface area contributed by atoms with Crippen LogP contribution in [0, 0.1) is 18.3 Å². The number of urea groups is 1. The monoisotopic (exact) mass is 275 g/mol. The lowest BCUT2D eigenvalue weighted by atomic mass is 10.1. The van der Waals surface area contributed by atoms with Gasteiger partial charge in [0.25, 0.3) is 0 Å². The number of aryl methyl sites for hydroxylation is 1. The van der Waals surface area contributed by atoms with Gasteiger partial charge < -0.3 is 15.7 Å². The molecule has 0 aliphatic carbocycles. The second kappa shape index (κ2) is 7.14. The molecule has 1 unspecified atom stereocenters. The predicted octanol–water partition coefficient (Wildman–Crippen LogP) is 2.24. The number of carbonyl (C=O) groups is 2. The third-order valence-corrected chi connectivity index (χ3v) is 2.80. The topological polar surface area (TPSA) is 102 Å². The van der Waals surface area contributed by atoms with E-state index in [0.29, 0.717) is 17.7 Å². The van der Waals surface area contributed by atoms with Crippen LogP contribution in [0.5, 0.6) is 0 Å². The second-order valence-corrected chi connectivity index (χ2v) is 4.54. The minimum absolute atomic E-state index is 0.00463. The molecule has 0 fully saturated rings. The Hall–Kier alpha value is -2.55. The first kappa shape index (κ1) is 15.5. The first-order valence-corrected chi connectivity index (χ1v) is 6.23. The summed E-state index contributed by atoms with van der Waals surface area (Å²) in [6, 6.07) is 6.51. The number of nitriles is 1. The lowest BCUT2D eigenvalue weighted by Gasteiger charge is -2.14. The Balaban J connectivity index is 2.61. The van der Waals surface area contributed by atoms with Gasteiger partial charge in [-0.3, -0.25) is 4.79 Å². The number of nitrogens with zero attached hydrogens (tertiary/aromatic N) is 1. The first-order chi connectivity index (χ1) is 9.43. The average molecular weight is 275 g/mol. The molecular weight excluding hydrogens is 258 g/mol. The standard InChI is InChI=1S/C14H17N3O3/c1-9-4-3-5-12(11(9)8-15)17-14(20)16-10(2)6-7-13(18)19/h3-5,10H,6-7H2,1-2H3,(H,18,19)(H2,16,17,20). The molecule has 0 bridgehead atoms. The highest BCUT2D eigenvalue weighted by molar-refractivity contribution is 5.91. The van der Waals surface area contributed by atoms with Gasteiger partial charge in [-0.05, 0) is 31.9 Å². The summed E-state index contributed by atoms with van der Waals surface area (Å²) in [5.74, 6) is -0.899. The number of amides is 2. The Morgan fingerprint density at radius 1 is 1.45 bits per heavy atom. The third-order valence-electron chi connectivity index (χ3n) is 2.80. The quantitative estimate of drug-likeness (QED) is 0.766. The zero-order valence-corrected chi connectivity index (χ0v) is 11.4. The van der Waals surface area contributed by atoms with Crippen molar-refractivity contribution >= 4 is 17.7 Å². The summed E-state index contributed by atoms with van der Waals surface area (Å²) in [5, 5.41) is 22.9. The maximum atomic E-state index is 11.8. The van der Waals surface area contributed by atoms with E-state index in [2.05, 4.69) is 10.6 Å². The largest absolute Gasteiger partial charge is 0.481 e. The molecule has 106 valence electrons. The Morgan fingerprint density at radius 3 is 2.75 bits per heavy atom. The number of carbonyl (C=O) groups excluding carboxylic acids is 1. The van der Waals surface area contributed by atoms with Gasteiger partial charge in [0.05, 0.1) is 11.3 Å². The highest BCUT2D eigenvalue weighted by Gasteiger charge is 2.11. The fraction of sp³-hybridized carbons (Fsp3) is 0.357. The molecule has 6 nitrogen and oxygen atoms in total. The lowest BCUT2D eigenvalue weighted by Crippen LogP contribution is -2.36. The van der Waals surface area contributed by atoms with Gasteiger partial charge >= 0.3 is 12.0 Å². The van der Waals surface area contributed by atoms with Crippen LogP contribution in [0.15, 0.2) is 18.2 Å². The van der Waals surface area contributed by atoms with E-state index < -0.39 is 12.0 Å². The van der Waals surface area contributed by atoms with Crippen LogP contribution < -0.4 is 10.6 Å². The first-order valence-electron chi connectivity index (χ1n) is 6.23. The second-order valence-electron chi connectivity index (χ2n) is 4.54. The number of carboxylic acids is 1. The van der Waals surface area contributed by atoms with Crippen molar-refractivity contribution in [2.45, 2.75) is 32.7 Å². The molecule has 2 amide bonds. The molecule has 1 rings (SSSR count). The molecule has 20 heavy (non-hydrogen) atoms. The third kappa shape index (κ3) is 4.61. The zero-order valence-electron chi connectivity index (χ0n) is 11.4. The molecule has 0 heterocycles. The van der Waals surface area contributed by atoms with Crippen LogP contribution in [-0.4, -0.2) is 23.1 Å². The van der Waals surface area contributed by atoms with Gasteiger partial charge in [0.15, 0.2) is 0 Å². The molecule has 1 aromatic carbocycles. The van der Waals surface area contributed by atoms with Gasteiger partial charge in [0.2, 0.25) is 0 Å². The van der Waals surface area contributed by atoms with Crippen molar-refractivity contribution in [1.82, 2.24) is 5.32 Å². The molecule has 0 radical (unpaired) electrons. The smallest absolute Gasteiger partial charge is 0.319 e. The Morgan fingerprint density at radius 2 is 2.15 bits per heavy atom. The van der Waals surface area contributed by atoms with Crippen LogP contribution in [0.25, 0.3) is 0 Å². The molecule has 0 aliphatic heterocycles. The molecule has 3 N–H and O–H groups in total. The minimum Gasteiger partial charge on any atom is -0.481 e. The van der Waals surface area contributed by atoms with Crippen molar-refractivity contribution in [3.8, 4) is 6.07 Å². The maximum absolute atomic E-state index is 11.8. The van der Waals surface area contributed by atoms with Gasteiger partial charge in [-0.2, -0.15) is 5.26 Å². The lowest BCUT2D eigenvalue weighted by molar-refractivity contribution is -0.137. The van der Waals surface area contributed by atoms with E-state index in [0.717, 1.165) is 5.56 Å². The number of hydrogen-bond acceptors (Lipinski definition) is 3. The predicted molar refractivity (Wildman–Crippen MR) is 74.4 cm³/mol. The van der Waals surface area contributed by atoms with E-state index in [9.17, 15) is 9.59 Å². The van der Waals surface area contributed by atoms with E-state index in [-0.39, 0.29) is 12.5 Å². The SMILES string of the molecule is Cc1cccc(NC(=O)NC(C)CCC(=O)O)c1C#N. The number of benzene rings is 1. The number of carboxylic acid groups (broad SMARTS) is 1. The number of nitrogens with one attached hydrogen (secondary N) is 2. The fourth-order valence-corrected chi connectivity index (χ4v) is 1.71. The molecule has 0 saturated carbocycles. The van der Waals surface area contributed by atoms with Crippen LogP contribution >= 0.6 is 0 Å². The molecular formula is C14H17N3O3. The minimum atomic E-state index is -0.899. The van der Waals surface area contributed by atoms with Crippen molar-refractivity contribution in [3.05, 3.63) is 29.3 Å². The van der Waals surface area contributed by atoms with Gasteiger partial charge in [0, 0.05) is 12.5 Å². The summed E-state index contributed by atoms with van der Waals surface area (Å²) < 4.78 is 0. The van der Waals surface area contributed by atoms with Gasteiger partial charge in [-0.15, -0.1) is 0 Å². The number of aliphatic carboxylic acids is 1. The highest BCUT2D eigenvalue weighted by Crippen LogP contribution is 2.18. The highest BCUT2D eigenvalue weighted by atomic mass is 16.4. The molecule has 6 heteroatoms. The number of hydrogen-bond donors (Lipinski definition) is 3. The Labute approximate surface area is 117 Å². The van der Waals surface area contributed by atoms with E-state index in [1.807, 2.05) is 6.07 Å². The molecule has 0 aliphatic rings.